The highest BCUT2D eigenvalue weighted by Crippen LogP contribution is 2.26. The van der Waals surface area contributed by atoms with Crippen LogP contribution in [0.2, 0.25) is 5.02 Å². The molecule has 0 saturated carbocycles. The minimum Gasteiger partial charge on any atom is -0.419 e. The van der Waals surface area contributed by atoms with Crippen LogP contribution in [0.4, 0.5) is 0 Å². The van der Waals surface area contributed by atoms with E-state index in [9.17, 15) is 0 Å². The Kier molecular flexibility index (Phi) is 5.27. The van der Waals surface area contributed by atoms with Crippen molar-refractivity contribution in [2.75, 3.05) is 40.3 Å². The molecule has 23 heavy (non-hydrogen) atoms. The molecule has 0 spiro atoms. The second-order valence-electron chi connectivity index (χ2n) is 5.97. The second kappa shape index (κ2) is 7.40. The zero-order valence-corrected chi connectivity index (χ0v) is 14.2. The van der Waals surface area contributed by atoms with Crippen LogP contribution in [-0.4, -0.2) is 66.4 Å². The van der Waals surface area contributed by atoms with E-state index in [2.05, 4.69) is 34.1 Å². The zero-order valence-electron chi connectivity index (χ0n) is 13.4. The van der Waals surface area contributed by atoms with Gasteiger partial charge >= 0.3 is 0 Å². The van der Waals surface area contributed by atoms with Gasteiger partial charge in [0.05, 0.1) is 29.8 Å². The quantitative estimate of drug-likeness (QED) is 0.834. The van der Waals surface area contributed by atoms with Gasteiger partial charge in [0.1, 0.15) is 0 Å². The third-order valence-electron chi connectivity index (χ3n) is 3.72. The topological polar surface area (TPSA) is 54.6 Å². The van der Waals surface area contributed by atoms with E-state index >= 15 is 0 Å². The van der Waals surface area contributed by atoms with Crippen molar-refractivity contribution < 1.29 is 9.15 Å². The molecule has 1 aromatic heterocycles. The maximum atomic E-state index is 6.17. The predicted molar refractivity (Wildman–Crippen MR) is 88.3 cm³/mol. The lowest BCUT2D eigenvalue weighted by Gasteiger charge is -2.33. The molecule has 2 heterocycles. The summed E-state index contributed by atoms with van der Waals surface area (Å²) in [5, 5.41) is 8.87. The Labute approximate surface area is 141 Å². The van der Waals surface area contributed by atoms with Gasteiger partial charge in [0, 0.05) is 19.6 Å². The summed E-state index contributed by atoms with van der Waals surface area (Å²) in [7, 11) is 4.10. The molecule has 0 bridgehead atoms. The largest absolute Gasteiger partial charge is 0.419 e. The number of nitrogens with zero attached hydrogens (tertiary/aromatic N) is 4. The summed E-state index contributed by atoms with van der Waals surface area (Å²) in [6.45, 7) is 4.00. The van der Waals surface area contributed by atoms with Crippen molar-refractivity contribution in [2.24, 2.45) is 0 Å². The maximum Gasteiger partial charge on any atom is 0.249 e. The molecular formula is C16H21ClN4O2. The number of likely N-dealkylation sites (N-methyl/N-ethyl adjacent to an activating group) is 1. The first-order valence-corrected chi connectivity index (χ1v) is 8.05. The molecule has 1 aromatic carbocycles. The molecule has 1 aliphatic rings. The molecule has 0 aliphatic carbocycles. The number of benzene rings is 1. The van der Waals surface area contributed by atoms with Gasteiger partial charge in [-0.15, -0.1) is 10.2 Å². The van der Waals surface area contributed by atoms with Gasteiger partial charge < -0.3 is 14.1 Å². The molecular weight excluding hydrogens is 316 g/mol. The first-order valence-electron chi connectivity index (χ1n) is 7.68. The number of ether oxygens (including phenoxy) is 1. The van der Waals surface area contributed by atoms with Crippen molar-refractivity contribution in [3.8, 4) is 11.5 Å². The monoisotopic (exact) mass is 336 g/mol. The van der Waals surface area contributed by atoms with Crippen molar-refractivity contribution in [1.82, 2.24) is 20.0 Å². The standard InChI is InChI=1S/C16H21ClN4O2/c1-20(2)9-12-10-21(7-8-22-12)11-15-18-19-16(23-15)13-5-3-4-6-14(13)17/h3-6,12H,7-11H2,1-2H3. The average Bonchev–Trinajstić information content (AvgIpc) is 2.95. The van der Waals surface area contributed by atoms with Crippen LogP contribution in [0, 0.1) is 0 Å². The Hall–Kier alpha value is -1.47. The van der Waals surface area contributed by atoms with Crippen LogP contribution in [0.1, 0.15) is 5.89 Å². The van der Waals surface area contributed by atoms with Crippen LogP contribution < -0.4 is 0 Å². The summed E-state index contributed by atoms with van der Waals surface area (Å²) in [5.41, 5.74) is 0.764. The number of hydrogen-bond acceptors (Lipinski definition) is 6. The SMILES string of the molecule is CN(C)CC1CN(Cc2nnc(-c3ccccc3Cl)o2)CCO1. The van der Waals surface area contributed by atoms with Crippen molar-refractivity contribution in [2.45, 2.75) is 12.6 Å². The summed E-state index contributed by atoms with van der Waals surface area (Å²) < 4.78 is 11.5. The van der Waals surface area contributed by atoms with Crippen molar-refractivity contribution in [1.29, 1.82) is 0 Å². The molecule has 1 aliphatic heterocycles. The third kappa shape index (κ3) is 4.29. The number of rotatable bonds is 5. The van der Waals surface area contributed by atoms with Crippen LogP contribution in [0.5, 0.6) is 0 Å². The fourth-order valence-corrected chi connectivity index (χ4v) is 2.91. The van der Waals surface area contributed by atoms with Crippen LogP contribution in [0.3, 0.4) is 0 Å². The smallest absolute Gasteiger partial charge is 0.249 e. The summed E-state index contributed by atoms with van der Waals surface area (Å²) in [6.07, 6.45) is 0.213. The molecule has 7 heteroatoms. The summed E-state index contributed by atoms with van der Waals surface area (Å²) in [5.74, 6) is 1.06. The molecule has 0 amide bonds. The summed E-state index contributed by atoms with van der Waals surface area (Å²) >= 11 is 6.17. The van der Waals surface area contributed by atoms with E-state index < -0.39 is 0 Å². The lowest BCUT2D eigenvalue weighted by molar-refractivity contribution is -0.0426. The first-order chi connectivity index (χ1) is 11.1. The van der Waals surface area contributed by atoms with Gasteiger partial charge in [-0.05, 0) is 26.2 Å². The van der Waals surface area contributed by atoms with Gasteiger partial charge in [-0.25, -0.2) is 0 Å². The Morgan fingerprint density at radius 2 is 2.13 bits per heavy atom. The molecule has 3 rings (SSSR count). The molecule has 1 fully saturated rings. The molecule has 1 saturated heterocycles. The van der Waals surface area contributed by atoms with Crippen LogP contribution in [0.25, 0.3) is 11.5 Å². The average molecular weight is 337 g/mol. The van der Waals surface area contributed by atoms with Crippen molar-refractivity contribution in [3.63, 3.8) is 0 Å². The van der Waals surface area contributed by atoms with Crippen molar-refractivity contribution >= 4 is 11.6 Å². The zero-order chi connectivity index (χ0) is 16.2. The van der Waals surface area contributed by atoms with E-state index in [4.69, 9.17) is 20.8 Å². The van der Waals surface area contributed by atoms with Gasteiger partial charge in [0.2, 0.25) is 11.8 Å². The van der Waals surface area contributed by atoms with Gasteiger partial charge in [0.15, 0.2) is 0 Å². The highest BCUT2D eigenvalue weighted by atomic mass is 35.5. The highest BCUT2D eigenvalue weighted by Gasteiger charge is 2.23. The molecule has 124 valence electrons. The Bertz CT molecular complexity index is 647. The predicted octanol–water partition coefficient (Wildman–Crippen LogP) is 2.15. The highest BCUT2D eigenvalue weighted by molar-refractivity contribution is 6.33. The summed E-state index contributed by atoms with van der Waals surface area (Å²) in [4.78, 5) is 4.41. The molecule has 0 N–H and O–H groups in total. The molecule has 1 atom stereocenters. The fourth-order valence-electron chi connectivity index (χ4n) is 2.69. The van der Waals surface area contributed by atoms with E-state index in [0.29, 0.717) is 23.3 Å². The van der Waals surface area contributed by atoms with E-state index in [0.717, 1.165) is 31.8 Å². The molecule has 1 unspecified atom stereocenters. The second-order valence-corrected chi connectivity index (χ2v) is 6.38. The number of morpholine rings is 1. The third-order valence-corrected chi connectivity index (χ3v) is 4.05. The van der Waals surface area contributed by atoms with Gasteiger partial charge in [-0.3, -0.25) is 4.90 Å². The van der Waals surface area contributed by atoms with Crippen LogP contribution in [-0.2, 0) is 11.3 Å². The van der Waals surface area contributed by atoms with Gasteiger partial charge in [-0.1, -0.05) is 23.7 Å². The molecule has 0 radical (unpaired) electrons. The minimum absolute atomic E-state index is 0.213. The van der Waals surface area contributed by atoms with Gasteiger partial charge in [0.25, 0.3) is 0 Å². The number of hydrogen-bond donors (Lipinski definition) is 0. The normalized spacial score (nSPS) is 19.4. The Morgan fingerprint density at radius 1 is 1.30 bits per heavy atom. The van der Waals surface area contributed by atoms with E-state index in [-0.39, 0.29) is 6.10 Å². The molecule has 2 aromatic rings. The number of aromatic nitrogens is 2. The Morgan fingerprint density at radius 3 is 2.91 bits per heavy atom. The van der Waals surface area contributed by atoms with E-state index in [1.165, 1.54) is 0 Å². The van der Waals surface area contributed by atoms with Crippen LogP contribution in [0.15, 0.2) is 28.7 Å². The fraction of sp³-hybridized carbons (Fsp3) is 0.500. The minimum atomic E-state index is 0.213. The Balaban J connectivity index is 1.64. The van der Waals surface area contributed by atoms with Crippen LogP contribution >= 0.6 is 11.6 Å². The summed E-state index contributed by atoms with van der Waals surface area (Å²) in [6, 6.07) is 7.47. The lowest BCUT2D eigenvalue weighted by atomic mass is 10.2. The number of halogens is 1. The maximum absolute atomic E-state index is 6.17. The van der Waals surface area contributed by atoms with Gasteiger partial charge in [-0.2, -0.15) is 0 Å². The van der Waals surface area contributed by atoms with Crippen molar-refractivity contribution in [3.05, 3.63) is 35.2 Å². The first kappa shape index (κ1) is 16.4. The van der Waals surface area contributed by atoms with E-state index in [1.54, 1.807) is 0 Å². The van der Waals surface area contributed by atoms with E-state index in [1.807, 2.05) is 24.3 Å². The molecule has 6 nitrogen and oxygen atoms in total. The lowest BCUT2D eigenvalue weighted by Crippen LogP contribution is -2.46.